The highest BCUT2D eigenvalue weighted by Gasteiger charge is 2.25. The Bertz CT molecular complexity index is 450. The first kappa shape index (κ1) is 15.5. The molecule has 1 amide bonds. The van der Waals surface area contributed by atoms with Crippen molar-refractivity contribution in [2.24, 2.45) is 0 Å². The summed E-state index contributed by atoms with van der Waals surface area (Å²) in [7, 11) is 1.69. The van der Waals surface area contributed by atoms with Crippen molar-refractivity contribution in [2.45, 2.75) is 46.0 Å². The van der Waals surface area contributed by atoms with E-state index in [0.29, 0.717) is 12.5 Å². The van der Waals surface area contributed by atoms with Crippen molar-refractivity contribution in [1.82, 2.24) is 5.32 Å². The summed E-state index contributed by atoms with van der Waals surface area (Å²) < 4.78 is 5.52. The van der Waals surface area contributed by atoms with E-state index in [1.54, 1.807) is 7.11 Å². The molecular formula is C16H25NO2. The van der Waals surface area contributed by atoms with E-state index in [2.05, 4.69) is 51.2 Å². The van der Waals surface area contributed by atoms with Crippen LogP contribution in [-0.4, -0.2) is 19.6 Å². The number of nitrogens with one attached hydrogen (secondary N) is 1. The minimum Gasteiger partial charge on any atom is -0.496 e. The van der Waals surface area contributed by atoms with Gasteiger partial charge in [0.1, 0.15) is 5.75 Å². The predicted octanol–water partition coefficient (Wildman–Crippen LogP) is 3.23. The number of carbonyl (C=O) groups is 1. The van der Waals surface area contributed by atoms with Gasteiger partial charge in [-0.2, -0.15) is 0 Å². The van der Waals surface area contributed by atoms with Gasteiger partial charge in [0.05, 0.1) is 7.11 Å². The zero-order valence-electron chi connectivity index (χ0n) is 12.8. The normalized spacial score (nSPS) is 11.5. The second-order valence-corrected chi connectivity index (χ2v) is 5.91. The molecule has 106 valence electrons. The van der Waals surface area contributed by atoms with Gasteiger partial charge in [-0.25, -0.2) is 0 Å². The highest BCUT2D eigenvalue weighted by atomic mass is 16.5. The molecule has 0 aliphatic carbocycles. The molecule has 19 heavy (non-hydrogen) atoms. The molecule has 0 heterocycles. The molecule has 3 heteroatoms. The van der Waals surface area contributed by atoms with Crippen molar-refractivity contribution in [3.63, 3.8) is 0 Å². The fraction of sp³-hybridized carbons (Fsp3) is 0.562. The summed E-state index contributed by atoms with van der Waals surface area (Å²) in [5.74, 6) is 1.36. The average molecular weight is 263 g/mol. The summed E-state index contributed by atoms with van der Waals surface area (Å²) in [6, 6.07) is 6.34. The van der Waals surface area contributed by atoms with Gasteiger partial charge in [0.25, 0.3) is 0 Å². The lowest BCUT2D eigenvalue weighted by molar-refractivity contribution is -0.119. The molecule has 3 nitrogen and oxygen atoms in total. The lowest BCUT2D eigenvalue weighted by Gasteiger charge is -2.28. The van der Waals surface area contributed by atoms with Crippen LogP contribution in [0.5, 0.6) is 5.75 Å². The molecule has 1 aromatic carbocycles. The number of methoxy groups -OCH3 is 1. The zero-order chi connectivity index (χ0) is 14.6. The average Bonchev–Trinajstić information content (AvgIpc) is 2.35. The van der Waals surface area contributed by atoms with Gasteiger partial charge < -0.3 is 10.1 Å². The fourth-order valence-corrected chi connectivity index (χ4v) is 2.07. The van der Waals surface area contributed by atoms with E-state index in [-0.39, 0.29) is 11.3 Å². The van der Waals surface area contributed by atoms with E-state index < -0.39 is 0 Å². The van der Waals surface area contributed by atoms with Gasteiger partial charge in [0.15, 0.2) is 0 Å². The first-order valence-electron chi connectivity index (χ1n) is 6.71. The van der Waals surface area contributed by atoms with Gasteiger partial charge in [-0.1, -0.05) is 39.8 Å². The topological polar surface area (TPSA) is 38.3 Å². The summed E-state index contributed by atoms with van der Waals surface area (Å²) in [6.07, 6.45) is 0. The molecule has 0 unspecified atom stereocenters. The molecule has 0 spiro atoms. The van der Waals surface area contributed by atoms with Crippen molar-refractivity contribution in [1.29, 1.82) is 0 Å². The number of rotatable bonds is 5. The Hall–Kier alpha value is -1.51. The maximum Gasteiger partial charge on any atom is 0.216 e. The Morgan fingerprint density at radius 1 is 1.37 bits per heavy atom. The van der Waals surface area contributed by atoms with E-state index in [9.17, 15) is 4.79 Å². The van der Waals surface area contributed by atoms with Crippen LogP contribution >= 0.6 is 0 Å². The summed E-state index contributed by atoms with van der Waals surface area (Å²) in [6.45, 7) is 10.7. The van der Waals surface area contributed by atoms with Crippen molar-refractivity contribution < 1.29 is 9.53 Å². The summed E-state index contributed by atoms with van der Waals surface area (Å²) in [4.78, 5) is 11.1. The van der Waals surface area contributed by atoms with Crippen LogP contribution in [0.3, 0.4) is 0 Å². The SMILES string of the molecule is COc1cc(C(C)C)ccc1C(C)(C)CNC(C)=O. The quantitative estimate of drug-likeness (QED) is 0.885. The largest absolute Gasteiger partial charge is 0.496 e. The van der Waals surface area contributed by atoms with Crippen LogP contribution in [0, 0.1) is 0 Å². The van der Waals surface area contributed by atoms with Gasteiger partial charge in [0.2, 0.25) is 5.91 Å². The van der Waals surface area contributed by atoms with E-state index in [1.165, 1.54) is 12.5 Å². The molecule has 0 saturated heterocycles. The highest BCUT2D eigenvalue weighted by molar-refractivity contribution is 5.73. The third kappa shape index (κ3) is 3.98. The molecule has 0 saturated carbocycles. The second-order valence-electron chi connectivity index (χ2n) is 5.91. The molecule has 1 aromatic rings. The van der Waals surface area contributed by atoms with Gasteiger partial charge in [-0.15, -0.1) is 0 Å². The third-order valence-corrected chi connectivity index (χ3v) is 3.40. The molecular weight excluding hydrogens is 238 g/mol. The molecule has 1 N–H and O–H groups in total. The smallest absolute Gasteiger partial charge is 0.216 e. The predicted molar refractivity (Wildman–Crippen MR) is 78.8 cm³/mol. The van der Waals surface area contributed by atoms with Crippen molar-refractivity contribution in [2.75, 3.05) is 13.7 Å². The Morgan fingerprint density at radius 2 is 2.00 bits per heavy atom. The van der Waals surface area contributed by atoms with E-state index in [4.69, 9.17) is 4.74 Å². The minimum atomic E-state index is -0.160. The Labute approximate surface area is 116 Å². The molecule has 0 aromatic heterocycles. The first-order chi connectivity index (χ1) is 8.77. The first-order valence-corrected chi connectivity index (χ1v) is 6.71. The van der Waals surface area contributed by atoms with E-state index in [1.807, 2.05) is 0 Å². The molecule has 0 aliphatic heterocycles. The molecule has 0 aliphatic rings. The van der Waals surface area contributed by atoms with E-state index >= 15 is 0 Å². The minimum absolute atomic E-state index is 0.00848. The van der Waals surface area contributed by atoms with Crippen molar-refractivity contribution in [3.8, 4) is 5.75 Å². The fourth-order valence-electron chi connectivity index (χ4n) is 2.07. The molecule has 0 fully saturated rings. The van der Waals surface area contributed by atoms with Crippen LogP contribution in [0.15, 0.2) is 18.2 Å². The van der Waals surface area contributed by atoms with Crippen LogP contribution in [0.4, 0.5) is 0 Å². The van der Waals surface area contributed by atoms with Crippen molar-refractivity contribution in [3.05, 3.63) is 29.3 Å². The number of hydrogen-bond donors (Lipinski definition) is 1. The van der Waals surface area contributed by atoms with Crippen LogP contribution in [-0.2, 0) is 10.2 Å². The lowest BCUT2D eigenvalue weighted by Crippen LogP contribution is -2.35. The zero-order valence-corrected chi connectivity index (χ0v) is 12.8. The van der Waals surface area contributed by atoms with Crippen LogP contribution in [0.2, 0.25) is 0 Å². The van der Waals surface area contributed by atoms with Crippen LogP contribution in [0.25, 0.3) is 0 Å². The lowest BCUT2D eigenvalue weighted by atomic mass is 9.82. The number of hydrogen-bond acceptors (Lipinski definition) is 2. The monoisotopic (exact) mass is 263 g/mol. The highest BCUT2D eigenvalue weighted by Crippen LogP contribution is 2.33. The van der Waals surface area contributed by atoms with Gasteiger partial charge in [-0.3, -0.25) is 4.79 Å². The van der Waals surface area contributed by atoms with Crippen LogP contribution < -0.4 is 10.1 Å². The molecule has 0 radical (unpaired) electrons. The maximum atomic E-state index is 11.1. The van der Waals surface area contributed by atoms with E-state index in [0.717, 1.165) is 11.3 Å². The summed E-state index contributed by atoms with van der Waals surface area (Å²) >= 11 is 0. The third-order valence-electron chi connectivity index (χ3n) is 3.40. The molecule has 0 atom stereocenters. The van der Waals surface area contributed by atoms with Gasteiger partial charge in [-0.05, 0) is 17.5 Å². The number of benzene rings is 1. The number of carbonyl (C=O) groups excluding carboxylic acids is 1. The number of ether oxygens (including phenoxy) is 1. The summed E-state index contributed by atoms with van der Waals surface area (Å²) in [5.41, 5.74) is 2.22. The molecule has 0 bridgehead atoms. The maximum absolute atomic E-state index is 11.1. The molecule has 1 rings (SSSR count). The Kier molecular flexibility index (Phi) is 4.98. The van der Waals surface area contributed by atoms with Crippen molar-refractivity contribution >= 4 is 5.91 Å². The van der Waals surface area contributed by atoms with Crippen LogP contribution in [0.1, 0.15) is 51.7 Å². The Balaban J connectivity index is 3.07. The Morgan fingerprint density at radius 3 is 2.47 bits per heavy atom. The van der Waals surface area contributed by atoms with Gasteiger partial charge in [0, 0.05) is 24.4 Å². The second kappa shape index (κ2) is 6.09. The summed E-state index contributed by atoms with van der Waals surface area (Å²) in [5, 5.41) is 2.88. The standard InChI is InChI=1S/C16H25NO2/c1-11(2)13-7-8-14(15(9-13)19-6)16(4,5)10-17-12(3)18/h7-9,11H,10H2,1-6H3,(H,17,18). The number of amides is 1. The van der Waals surface area contributed by atoms with Gasteiger partial charge >= 0.3 is 0 Å².